The molecule has 0 bridgehead atoms. The van der Waals surface area contributed by atoms with Gasteiger partial charge in [-0.1, -0.05) is 32.9 Å². The van der Waals surface area contributed by atoms with Gasteiger partial charge < -0.3 is 9.73 Å². The van der Waals surface area contributed by atoms with Crippen LogP contribution in [0.1, 0.15) is 53.6 Å². The van der Waals surface area contributed by atoms with Gasteiger partial charge in [0.1, 0.15) is 28.5 Å². The maximum absolute atomic E-state index is 12.8. The predicted molar refractivity (Wildman–Crippen MR) is 114 cm³/mol. The summed E-state index contributed by atoms with van der Waals surface area (Å²) in [5.74, 6) is -0.0109. The van der Waals surface area contributed by atoms with Crippen molar-refractivity contribution in [1.29, 1.82) is 5.26 Å². The fourth-order valence-corrected chi connectivity index (χ4v) is 5.21. The molecule has 3 aromatic rings. The number of carbonyl (C=O) groups is 1. The molecule has 0 fully saturated rings. The summed E-state index contributed by atoms with van der Waals surface area (Å²) in [7, 11) is 0. The third kappa shape index (κ3) is 3.47. The van der Waals surface area contributed by atoms with Crippen LogP contribution in [0, 0.1) is 22.7 Å². The topological polar surface area (TPSA) is 83.1 Å². The average Bonchev–Trinajstić information content (AvgIpc) is 3.03. The highest BCUT2D eigenvalue weighted by molar-refractivity contribution is 7.16. The smallest absolute Gasteiger partial charge is 0.263 e. The maximum atomic E-state index is 12.8. The molecule has 0 radical (unpaired) electrons. The molecule has 1 aliphatic rings. The first-order valence-corrected chi connectivity index (χ1v) is 10.5. The normalized spacial score (nSPS) is 16.3. The zero-order chi connectivity index (χ0) is 20.8. The molecule has 0 spiro atoms. The number of fused-ring (bicyclic) bond motifs is 2. The van der Waals surface area contributed by atoms with E-state index in [-0.39, 0.29) is 16.4 Å². The zero-order valence-corrected chi connectivity index (χ0v) is 17.5. The Morgan fingerprint density at radius 2 is 2.07 bits per heavy atom. The molecule has 0 saturated heterocycles. The first kappa shape index (κ1) is 19.4. The van der Waals surface area contributed by atoms with Crippen LogP contribution in [0.5, 0.6) is 0 Å². The second-order valence-electron chi connectivity index (χ2n) is 8.55. The van der Waals surface area contributed by atoms with Gasteiger partial charge in [-0.2, -0.15) is 5.26 Å². The van der Waals surface area contributed by atoms with Crippen molar-refractivity contribution in [2.24, 2.45) is 11.3 Å². The van der Waals surface area contributed by atoms with Gasteiger partial charge in [0.25, 0.3) is 5.91 Å². The summed E-state index contributed by atoms with van der Waals surface area (Å²) < 4.78 is 5.45. The van der Waals surface area contributed by atoms with E-state index in [0.29, 0.717) is 27.5 Å². The van der Waals surface area contributed by atoms with E-state index in [2.05, 4.69) is 32.2 Å². The van der Waals surface area contributed by atoms with Gasteiger partial charge in [0.15, 0.2) is 0 Å². The lowest BCUT2D eigenvalue weighted by atomic mass is 9.72. The van der Waals surface area contributed by atoms with Crippen LogP contribution in [0.3, 0.4) is 0 Å². The summed E-state index contributed by atoms with van der Waals surface area (Å²) >= 11 is 1.45. The van der Waals surface area contributed by atoms with Crippen LogP contribution in [0.25, 0.3) is 11.0 Å². The van der Waals surface area contributed by atoms with Gasteiger partial charge in [-0.3, -0.25) is 9.59 Å². The van der Waals surface area contributed by atoms with E-state index in [4.69, 9.17) is 4.42 Å². The lowest BCUT2D eigenvalue weighted by Crippen LogP contribution is -2.26. The highest BCUT2D eigenvalue weighted by Crippen LogP contribution is 2.44. The summed E-state index contributed by atoms with van der Waals surface area (Å²) in [6.07, 6.45) is 3.97. The monoisotopic (exact) mass is 406 g/mol. The molecule has 148 valence electrons. The van der Waals surface area contributed by atoms with E-state index in [0.717, 1.165) is 29.7 Å². The van der Waals surface area contributed by atoms with E-state index < -0.39 is 5.91 Å². The van der Waals surface area contributed by atoms with Crippen LogP contribution >= 0.6 is 11.3 Å². The number of para-hydroxylation sites is 1. The average molecular weight is 407 g/mol. The second kappa shape index (κ2) is 7.16. The minimum atomic E-state index is -0.549. The molecule has 1 atom stereocenters. The van der Waals surface area contributed by atoms with Crippen LogP contribution in [-0.4, -0.2) is 5.91 Å². The van der Waals surface area contributed by atoms with Crippen LogP contribution < -0.4 is 10.7 Å². The summed E-state index contributed by atoms with van der Waals surface area (Å²) in [4.78, 5) is 26.7. The second-order valence-corrected chi connectivity index (χ2v) is 9.66. The van der Waals surface area contributed by atoms with Gasteiger partial charge in [0, 0.05) is 4.88 Å². The molecule has 0 saturated carbocycles. The fourth-order valence-electron chi connectivity index (χ4n) is 3.94. The number of nitriles is 1. The van der Waals surface area contributed by atoms with E-state index >= 15 is 0 Å². The summed E-state index contributed by atoms with van der Waals surface area (Å²) in [5.41, 5.74) is 1.76. The SMILES string of the molecule is CC(C)(C)C1CCc2c(sc(NC(=O)c3coc4ccccc4c3=O)c2C#N)C1. The standard InChI is InChI=1S/C23H22N2O3S/c1-23(2,3)13-8-9-14-16(11-24)22(29-19(14)10-13)25-21(27)17-12-28-18-7-5-4-6-15(18)20(17)26/h4-7,12-13H,8-10H2,1-3H3,(H,25,27). The van der Waals surface area contributed by atoms with Gasteiger partial charge in [0.2, 0.25) is 5.43 Å². The molecule has 1 unspecified atom stereocenters. The maximum Gasteiger partial charge on any atom is 0.263 e. The Morgan fingerprint density at radius 1 is 1.31 bits per heavy atom. The van der Waals surface area contributed by atoms with Crippen molar-refractivity contribution in [1.82, 2.24) is 0 Å². The molecule has 0 aliphatic heterocycles. The summed E-state index contributed by atoms with van der Waals surface area (Å²) in [6.45, 7) is 6.72. The number of amides is 1. The third-order valence-electron chi connectivity index (χ3n) is 5.75. The number of rotatable bonds is 2. The van der Waals surface area contributed by atoms with Gasteiger partial charge >= 0.3 is 0 Å². The van der Waals surface area contributed by atoms with Crippen molar-refractivity contribution in [3.05, 3.63) is 62.3 Å². The van der Waals surface area contributed by atoms with Crippen molar-refractivity contribution in [3.8, 4) is 6.07 Å². The minimum Gasteiger partial charge on any atom is -0.463 e. The molecule has 1 aliphatic carbocycles. The summed E-state index contributed by atoms with van der Waals surface area (Å²) in [6, 6.07) is 9.07. The molecule has 6 heteroatoms. The molecule has 5 nitrogen and oxygen atoms in total. The minimum absolute atomic E-state index is 0.0634. The first-order chi connectivity index (χ1) is 13.8. The first-order valence-electron chi connectivity index (χ1n) is 9.66. The number of hydrogen-bond donors (Lipinski definition) is 1. The van der Waals surface area contributed by atoms with Gasteiger partial charge in [0.05, 0.1) is 10.9 Å². The van der Waals surface area contributed by atoms with E-state index in [1.807, 2.05) is 0 Å². The molecule has 1 aromatic carbocycles. The van der Waals surface area contributed by atoms with Crippen LogP contribution in [-0.2, 0) is 12.8 Å². The summed E-state index contributed by atoms with van der Waals surface area (Å²) in [5, 5.41) is 13.4. The van der Waals surface area contributed by atoms with E-state index in [1.165, 1.54) is 17.6 Å². The van der Waals surface area contributed by atoms with Crippen molar-refractivity contribution in [3.63, 3.8) is 0 Å². The van der Waals surface area contributed by atoms with Crippen LogP contribution in [0.4, 0.5) is 5.00 Å². The lowest BCUT2D eigenvalue weighted by molar-refractivity contribution is 0.102. The largest absolute Gasteiger partial charge is 0.463 e. The highest BCUT2D eigenvalue weighted by atomic mass is 32.1. The van der Waals surface area contributed by atoms with Crippen LogP contribution in [0.15, 0.2) is 39.7 Å². The third-order valence-corrected chi connectivity index (χ3v) is 6.92. The number of hydrogen-bond acceptors (Lipinski definition) is 5. The Bertz CT molecular complexity index is 1210. The number of thiophene rings is 1. The number of nitrogens with zero attached hydrogens (tertiary/aromatic N) is 1. The molecule has 4 rings (SSSR count). The molecule has 29 heavy (non-hydrogen) atoms. The number of nitrogens with one attached hydrogen (secondary N) is 1. The molecule has 1 amide bonds. The Labute approximate surface area is 173 Å². The van der Waals surface area contributed by atoms with Gasteiger partial charge in [-0.25, -0.2) is 0 Å². The van der Waals surface area contributed by atoms with Crippen molar-refractivity contribution in [2.45, 2.75) is 40.0 Å². The van der Waals surface area contributed by atoms with E-state index in [9.17, 15) is 14.9 Å². The Hall–Kier alpha value is -2.91. The van der Waals surface area contributed by atoms with Gasteiger partial charge in [-0.05, 0) is 48.3 Å². The molecular formula is C23H22N2O3S. The zero-order valence-electron chi connectivity index (χ0n) is 16.7. The molecular weight excluding hydrogens is 384 g/mol. The van der Waals surface area contributed by atoms with Crippen molar-refractivity contribution < 1.29 is 9.21 Å². The highest BCUT2D eigenvalue weighted by Gasteiger charge is 2.32. The number of benzene rings is 1. The number of anilines is 1. The van der Waals surface area contributed by atoms with Crippen molar-refractivity contribution >= 4 is 33.2 Å². The molecule has 2 heterocycles. The Balaban J connectivity index is 1.66. The Kier molecular flexibility index (Phi) is 4.79. The number of carbonyl (C=O) groups excluding carboxylic acids is 1. The lowest BCUT2D eigenvalue weighted by Gasteiger charge is -2.33. The van der Waals surface area contributed by atoms with Gasteiger partial charge in [-0.15, -0.1) is 11.3 Å². The molecule has 1 N–H and O–H groups in total. The van der Waals surface area contributed by atoms with Crippen molar-refractivity contribution in [2.75, 3.05) is 5.32 Å². The quantitative estimate of drug-likeness (QED) is 0.639. The predicted octanol–water partition coefficient (Wildman–Crippen LogP) is 5.13. The fraction of sp³-hybridized carbons (Fsp3) is 0.348. The molecule has 2 aromatic heterocycles. The van der Waals surface area contributed by atoms with Crippen LogP contribution in [0.2, 0.25) is 0 Å². The Morgan fingerprint density at radius 3 is 2.79 bits per heavy atom. The van der Waals surface area contributed by atoms with E-state index in [1.54, 1.807) is 24.3 Å².